The molecule has 0 N–H and O–H groups in total. The van der Waals surface area contributed by atoms with Crippen molar-refractivity contribution in [3.8, 4) is 0 Å². The number of amides is 4. The quantitative estimate of drug-likeness (QED) is 0.0242. The van der Waals surface area contributed by atoms with Gasteiger partial charge in [-0.3, -0.25) is 29.0 Å². The van der Waals surface area contributed by atoms with Crippen molar-refractivity contribution in [2.24, 2.45) is 0 Å². The normalized spacial score (nSPS) is 14.3. The maximum absolute atomic E-state index is 13.9. The number of rotatable bonds is 22. The molecule has 0 spiro atoms. The molecule has 0 atom stereocenters. The summed E-state index contributed by atoms with van der Waals surface area (Å²) in [6.07, 6.45) is 20.6. The molecule has 284 valence electrons. The maximum atomic E-state index is 13.9. The van der Waals surface area contributed by atoms with Crippen molar-refractivity contribution in [2.45, 2.75) is 116 Å². The second-order valence-corrected chi connectivity index (χ2v) is 16.4. The number of hydrogen-bond acceptors (Lipinski definition) is 6. The van der Waals surface area contributed by atoms with E-state index in [1.54, 1.807) is 0 Å². The molecule has 0 saturated heterocycles. The molecule has 0 saturated carbocycles. The Morgan fingerprint density at radius 1 is 0.315 bits per heavy atom. The van der Waals surface area contributed by atoms with Gasteiger partial charge in [0, 0.05) is 46.1 Å². The van der Waals surface area contributed by atoms with Gasteiger partial charge in [0.15, 0.2) is 0 Å². The fourth-order valence-electron chi connectivity index (χ4n) is 9.01. The number of unbranched alkanes of at least 4 members (excludes halogenated alkanes) is 16. The highest BCUT2D eigenvalue weighted by Gasteiger charge is 2.36. The minimum atomic E-state index is -0.229. The Balaban J connectivity index is 1.08. The van der Waals surface area contributed by atoms with E-state index in [0.717, 1.165) is 82.3 Å². The van der Waals surface area contributed by atoms with Crippen LogP contribution in [0.2, 0.25) is 0 Å². The van der Waals surface area contributed by atoms with E-state index in [1.165, 1.54) is 86.8 Å². The second kappa shape index (κ2) is 17.9. The van der Waals surface area contributed by atoms with E-state index >= 15 is 0 Å². The van der Waals surface area contributed by atoms with Crippen molar-refractivity contribution >= 4 is 92.0 Å². The summed E-state index contributed by atoms with van der Waals surface area (Å²) in [7, 11) is 0. The largest absolute Gasteiger partial charge is 0.274 e. The summed E-state index contributed by atoms with van der Waals surface area (Å²) in [5.41, 5.74) is 2.24. The van der Waals surface area contributed by atoms with E-state index < -0.39 is 0 Å². The average Bonchev–Trinajstić information content (AvgIpc) is 3.19. The number of imide groups is 2. The van der Waals surface area contributed by atoms with Gasteiger partial charge in [-0.15, -0.1) is 0 Å². The summed E-state index contributed by atoms with van der Waals surface area (Å²) in [4.78, 5) is 58.5. The molecule has 8 heteroatoms. The first-order valence-corrected chi connectivity index (χ1v) is 21.9. The van der Waals surface area contributed by atoms with E-state index in [2.05, 4.69) is 25.3 Å². The summed E-state index contributed by atoms with van der Waals surface area (Å²) in [5.74, 6) is 1.01. The molecule has 5 aromatic carbocycles. The third kappa shape index (κ3) is 7.49. The van der Waals surface area contributed by atoms with Crippen molar-refractivity contribution in [1.82, 2.24) is 9.80 Å². The van der Waals surface area contributed by atoms with Crippen LogP contribution in [0.15, 0.2) is 48.5 Å². The topological polar surface area (TPSA) is 74.8 Å². The molecule has 0 bridgehead atoms. The second-order valence-electron chi connectivity index (χ2n) is 15.5. The molecular formula is C46H54N2O4S2. The van der Waals surface area contributed by atoms with E-state index in [9.17, 15) is 19.2 Å². The van der Waals surface area contributed by atoms with E-state index in [-0.39, 0.29) is 23.6 Å². The molecule has 7 rings (SSSR count). The minimum absolute atomic E-state index is 0.229. The highest BCUT2D eigenvalue weighted by atomic mass is 32.1. The summed E-state index contributed by atoms with van der Waals surface area (Å²) in [6, 6.07) is 15.4. The predicted octanol–water partition coefficient (Wildman–Crippen LogP) is 11.8. The maximum Gasteiger partial charge on any atom is 0.261 e. The Kier molecular flexibility index (Phi) is 12.8. The molecule has 2 aliphatic rings. The van der Waals surface area contributed by atoms with Crippen molar-refractivity contribution in [1.29, 1.82) is 0 Å². The summed E-state index contributed by atoms with van der Waals surface area (Å²) >= 11 is 8.58. The number of carbonyl (C=O) groups is 4. The molecule has 2 aliphatic heterocycles. The van der Waals surface area contributed by atoms with Crippen LogP contribution < -0.4 is 0 Å². The Morgan fingerprint density at radius 2 is 0.556 bits per heavy atom. The van der Waals surface area contributed by atoms with Crippen molar-refractivity contribution in [2.75, 3.05) is 24.6 Å². The highest BCUT2D eigenvalue weighted by molar-refractivity contribution is 7.80. The zero-order valence-electron chi connectivity index (χ0n) is 31.6. The first-order valence-electron chi connectivity index (χ1n) is 20.6. The molecule has 6 nitrogen and oxygen atoms in total. The Bertz CT molecular complexity index is 1900. The molecule has 54 heavy (non-hydrogen) atoms. The highest BCUT2D eigenvalue weighted by Crippen LogP contribution is 2.46. The number of thiol groups is 2. The number of hydrogen-bond donors (Lipinski definition) is 2. The standard InChI is InChI=1S/C46H54N2O4S2/c49-43-35-23-19-31-33-21-25-37-42-38(46(52)48(45(37)51)28-16-12-8-4-2-6-10-14-18-30-54)26-22-34(40(33)42)32-20-24-36(41(35)39(31)32)44(50)47(43)27-15-11-7-3-1-5-9-13-17-29-53/h19-26,53-54H,1-18,27-30H2. The zero-order chi connectivity index (χ0) is 37.6. The smallest absolute Gasteiger partial charge is 0.261 e. The van der Waals surface area contributed by atoms with Crippen LogP contribution in [-0.4, -0.2) is 58.0 Å². The lowest BCUT2D eigenvalue weighted by Crippen LogP contribution is -2.41. The minimum Gasteiger partial charge on any atom is -0.274 e. The molecule has 5 aromatic rings. The van der Waals surface area contributed by atoms with Gasteiger partial charge in [-0.05, 0) is 93.8 Å². The lowest BCUT2D eigenvalue weighted by atomic mass is 9.82. The van der Waals surface area contributed by atoms with Crippen LogP contribution >= 0.6 is 25.3 Å². The van der Waals surface area contributed by atoms with E-state index in [0.29, 0.717) is 46.1 Å². The lowest BCUT2D eigenvalue weighted by Gasteiger charge is -2.30. The number of nitrogens with zero attached hydrogens (tertiary/aromatic N) is 2. The van der Waals surface area contributed by atoms with Crippen molar-refractivity contribution in [3.63, 3.8) is 0 Å². The number of fused-ring (bicyclic) bond motifs is 2. The van der Waals surface area contributed by atoms with Crippen LogP contribution in [0.3, 0.4) is 0 Å². The number of benzene rings is 5. The van der Waals surface area contributed by atoms with Crippen LogP contribution in [0.4, 0.5) is 0 Å². The number of carbonyl (C=O) groups excluding carboxylic acids is 4. The first-order chi connectivity index (χ1) is 26.5. The third-order valence-electron chi connectivity index (χ3n) is 11.9. The molecule has 2 heterocycles. The van der Waals surface area contributed by atoms with Gasteiger partial charge in [-0.2, -0.15) is 25.3 Å². The van der Waals surface area contributed by atoms with Crippen LogP contribution in [0.25, 0.3) is 43.1 Å². The zero-order valence-corrected chi connectivity index (χ0v) is 33.4. The SMILES string of the molecule is O=C1c2ccc3c4ccc5c6c(ccc(c7ccc(c2c37)C(=O)N1CCCCCCCCCCCS)c64)C(=O)N(CCCCCCCCCCCS)C5=O. The Labute approximate surface area is 330 Å². The Hall–Kier alpha value is -3.62. The van der Waals surface area contributed by atoms with Gasteiger partial charge in [0.1, 0.15) is 0 Å². The summed E-state index contributed by atoms with van der Waals surface area (Å²) < 4.78 is 0. The Morgan fingerprint density at radius 3 is 0.815 bits per heavy atom. The van der Waals surface area contributed by atoms with Crippen molar-refractivity contribution in [3.05, 3.63) is 70.8 Å². The molecule has 0 aromatic heterocycles. The van der Waals surface area contributed by atoms with E-state index in [4.69, 9.17) is 0 Å². The fraction of sp³-hybridized carbons (Fsp3) is 0.478. The van der Waals surface area contributed by atoms with Gasteiger partial charge in [-0.1, -0.05) is 114 Å². The molecule has 0 fully saturated rings. The van der Waals surface area contributed by atoms with Gasteiger partial charge in [0.2, 0.25) is 0 Å². The molecule has 0 unspecified atom stereocenters. The van der Waals surface area contributed by atoms with Crippen LogP contribution in [0.1, 0.15) is 157 Å². The molecular weight excluding hydrogens is 709 g/mol. The van der Waals surface area contributed by atoms with Gasteiger partial charge in [-0.25, -0.2) is 0 Å². The fourth-order valence-corrected chi connectivity index (χ4v) is 9.46. The molecule has 4 amide bonds. The average molecular weight is 763 g/mol. The monoisotopic (exact) mass is 762 g/mol. The van der Waals surface area contributed by atoms with Gasteiger partial charge in [0.25, 0.3) is 23.6 Å². The first kappa shape index (κ1) is 38.6. The third-order valence-corrected chi connectivity index (χ3v) is 12.5. The summed E-state index contributed by atoms with van der Waals surface area (Å²) in [6.45, 7) is 0.849. The molecule has 0 aliphatic carbocycles. The predicted molar refractivity (Wildman–Crippen MR) is 229 cm³/mol. The van der Waals surface area contributed by atoms with Crippen LogP contribution in [0, 0.1) is 0 Å². The van der Waals surface area contributed by atoms with Crippen LogP contribution in [0.5, 0.6) is 0 Å². The van der Waals surface area contributed by atoms with Crippen molar-refractivity contribution < 1.29 is 19.2 Å². The summed E-state index contributed by atoms with van der Waals surface area (Å²) in [5, 5.41) is 6.89. The lowest BCUT2D eigenvalue weighted by molar-refractivity contribution is 0.0592. The van der Waals surface area contributed by atoms with Gasteiger partial charge >= 0.3 is 0 Å². The molecule has 0 radical (unpaired) electrons. The van der Waals surface area contributed by atoms with Gasteiger partial charge < -0.3 is 0 Å². The van der Waals surface area contributed by atoms with E-state index in [1.807, 2.05) is 48.5 Å². The van der Waals surface area contributed by atoms with Crippen LogP contribution in [-0.2, 0) is 0 Å². The van der Waals surface area contributed by atoms with Gasteiger partial charge in [0.05, 0.1) is 0 Å².